The summed E-state index contributed by atoms with van der Waals surface area (Å²) in [6.07, 6.45) is 0.812. The number of hydrogen-bond donors (Lipinski definition) is 2. The number of amides is 1. The molecule has 0 saturated heterocycles. The van der Waals surface area contributed by atoms with Gasteiger partial charge in [-0.1, -0.05) is 31.5 Å². The highest BCUT2D eigenvalue weighted by Crippen LogP contribution is 2.29. The maximum Gasteiger partial charge on any atom is 0.339 e. The highest BCUT2D eigenvalue weighted by atomic mass is 35.5. The van der Waals surface area contributed by atoms with Crippen molar-refractivity contribution >= 4 is 23.5 Å². The number of ether oxygens (including phenoxy) is 1. The zero-order valence-electron chi connectivity index (χ0n) is 12.4. The molecule has 0 aliphatic heterocycles. The van der Waals surface area contributed by atoms with Gasteiger partial charge in [-0.25, -0.2) is 4.79 Å². The minimum Gasteiger partial charge on any atom is -0.478 e. The van der Waals surface area contributed by atoms with Crippen molar-refractivity contribution in [3.05, 3.63) is 28.8 Å². The van der Waals surface area contributed by atoms with E-state index in [0.717, 1.165) is 12.8 Å². The zero-order chi connectivity index (χ0) is 16.0. The summed E-state index contributed by atoms with van der Waals surface area (Å²) in [6.45, 7) is 5.53. The number of rotatable bonds is 7. The Labute approximate surface area is 129 Å². The van der Waals surface area contributed by atoms with Crippen molar-refractivity contribution in [3.63, 3.8) is 0 Å². The Morgan fingerprint density at radius 1 is 1.33 bits per heavy atom. The van der Waals surface area contributed by atoms with Crippen LogP contribution in [-0.4, -0.2) is 29.1 Å². The number of hydrogen-bond acceptors (Lipinski definition) is 3. The molecule has 0 bridgehead atoms. The second-order valence-electron chi connectivity index (χ2n) is 4.70. The van der Waals surface area contributed by atoms with Gasteiger partial charge in [0.05, 0.1) is 5.02 Å². The molecule has 1 rings (SSSR count). The molecule has 0 radical (unpaired) electrons. The molecule has 0 saturated carbocycles. The smallest absolute Gasteiger partial charge is 0.339 e. The lowest BCUT2D eigenvalue weighted by molar-refractivity contribution is -0.128. The molecule has 1 aromatic carbocycles. The molecule has 6 heteroatoms. The van der Waals surface area contributed by atoms with Gasteiger partial charge in [0.15, 0.2) is 11.9 Å². The van der Waals surface area contributed by atoms with Gasteiger partial charge in [0, 0.05) is 6.04 Å². The maximum atomic E-state index is 12.0. The van der Waals surface area contributed by atoms with E-state index in [1.807, 2.05) is 13.8 Å². The van der Waals surface area contributed by atoms with E-state index in [-0.39, 0.29) is 28.3 Å². The summed E-state index contributed by atoms with van der Waals surface area (Å²) in [6, 6.07) is 4.51. The average Bonchev–Trinajstić information content (AvgIpc) is 2.46. The highest BCUT2D eigenvalue weighted by Gasteiger charge is 2.22. The van der Waals surface area contributed by atoms with Crippen LogP contribution in [0.3, 0.4) is 0 Å². The predicted molar refractivity (Wildman–Crippen MR) is 81.0 cm³/mol. The molecule has 0 aliphatic rings. The Hall–Kier alpha value is -1.75. The normalized spacial score (nSPS) is 12.0. The van der Waals surface area contributed by atoms with Crippen LogP contribution < -0.4 is 10.1 Å². The van der Waals surface area contributed by atoms with Crippen LogP contribution in [0, 0.1) is 0 Å². The van der Waals surface area contributed by atoms with Crippen molar-refractivity contribution in [2.45, 2.75) is 45.8 Å². The Balaban J connectivity index is 2.86. The number of benzene rings is 1. The molecular weight excluding hydrogens is 294 g/mol. The number of carbonyl (C=O) groups is 2. The number of carboxylic acids is 1. The van der Waals surface area contributed by atoms with Gasteiger partial charge in [-0.15, -0.1) is 0 Å². The van der Waals surface area contributed by atoms with Crippen LogP contribution in [0.1, 0.15) is 44.0 Å². The van der Waals surface area contributed by atoms with Gasteiger partial charge in [-0.05, 0) is 31.9 Å². The van der Waals surface area contributed by atoms with Gasteiger partial charge in [0.25, 0.3) is 5.91 Å². The summed E-state index contributed by atoms with van der Waals surface area (Å²) < 4.78 is 5.46. The minimum absolute atomic E-state index is 0.0128. The fraction of sp³-hybridized carbons (Fsp3) is 0.467. The van der Waals surface area contributed by atoms with Crippen LogP contribution in [-0.2, 0) is 4.79 Å². The molecule has 1 aromatic rings. The largest absolute Gasteiger partial charge is 0.478 e. The topological polar surface area (TPSA) is 75.6 Å². The maximum absolute atomic E-state index is 12.0. The lowest BCUT2D eigenvalue weighted by Crippen LogP contribution is -2.42. The minimum atomic E-state index is -1.15. The van der Waals surface area contributed by atoms with Crippen LogP contribution in [0.15, 0.2) is 18.2 Å². The Morgan fingerprint density at radius 3 is 2.48 bits per heavy atom. The third-order valence-corrected chi connectivity index (χ3v) is 3.49. The lowest BCUT2D eigenvalue weighted by atomic mass is 10.1. The molecule has 1 unspecified atom stereocenters. The van der Waals surface area contributed by atoms with Gasteiger partial charge < -0.3 is 15.2 Å². The van der Waals surface area contributed by atoms with Gasteiger partial charge >= 0.3 is 5.97 Å². The van der Waals surface area contributed by atoms with Gasteiger partial charge in [0.2, 0.25) is 0 Å². The number of para-hydroxylation sites is 1. The van der Waals surface area contributed by atoms with E-state index in [0.29, 0.717) is 0 Å². The van der Waals surface area contributed by atoms with Crippen molar-refractivity contribution in [1.29, 1.82) is 0 Å². The predicted octanol–water partition coefficient (Wildman–Crippen LogP) is 3.11. The molecule has 21 heavy (non-hydrogen) atoms. The first kappa shape index (κ1) is 17.3. The highest BCUT2D eigenvalue weighted by molar-refractivity contribution is 6.32. The number of aromatic carboxylic acids is 1. The molecule has 0 fully saturated rings. The molecular formula is C15H20ClNO4. The van der Waals surface area contributed by atoms with Gasteiger partial charge in [0.1, 0.15) is 5.56 Å². The van der Waals surface area contributed by atoms with Crippen LogP contribution in [0.5, 0.6) is 5.75 Å². The van der Waals surface area contributed by atoms with Crippen molar-refractivity contribution in [3.8, 4) is 5.75 Å². The number of carboxylic acid groups (broad SMARTS) is 1. The SMILES string of the molecule is CCC(CC)NC(=O)C(C)Oc1c(Cl)cccc1C(=O)O. The first-order valence-electron chi connectivity index (χ1n) is 6.89. The summed E-state index contributed by atoms with van der Waals surface area (Å²) >= 11 is 5.96. The van der Waals surface area contributed by atoms with E-state index < -0.39 is 12.1 Å². The van der Waals surface area contributed by atoms with Crippen LogP contribution >= 0.6 is 11.6 Å². The molecule has 1 atom stereocenters. The van der Waals surface area contributed by atoms with Crippen molar-refractivity contribution in [2.75, 3.05) is 0 Å². The van der Waals surface area contributed by atoms with E-state index in [9.17, 15) is 9.59 Å². The summed E-state index contributed by atoms with van der Waals surface area (Å²) in [5, 5.41) is 12.1. The summed E-state index contributed by atoms with van der Waals surface area (Å²) in [7, 11) is 0. The zero-order valence-corrected chi connectivity index (χ0v) is 13.1. The summed E-state index contributed by atoms with van der Waals surface area (Å²) in [5.74, 6) is -1.43. The fourth-order valence-corrected chi connectivity index (χ4v) is 2.06. The third kappa shape index (κ3) is 4.63. The summed E-state index contributed by atoms with van der Waals surface area (Å²) in [4.78, 5) is 23.2. The van der Waals surface area contributed by atoms with Crippen LogP contribution in [0.4, 0.5) is 0 Å². The van der Waals surface area contributed by atoms with Crippen molar-refractivity contribution in [2.24, 2.45) is 0 Å². The molecule has 0 aliphatic carbocycles. The molecule has 0 spiro atoms. The van der Waals surface area contributed by atoms with E-state index in [2.05, 4.69) is 5.32 Å². The van der Waals surface area contributed by atoms with Crippen molar-refractivity contribution in [1.82, 2.24) is 5.32 Å². The number of carbonyl (C=O) groups excluding carboxylic acids is 1. The Bertz CT molecular complexity index is 514. The lowest BCUT2D eigenvalue weighted by Gasteiger charge is -2.20. The van der Waals surface area contributed by atoms with E-state index in [1.54, 1.807) is 6.92 Å². The average molecular weight is 314 g/mol. The summed E-state index contributed by atoms with van der Waals surface area (Å²) in [5.41, 5.74) is -0.0651. The first-order chi connectivity index (χ1) is 9.90. The third-order valence-electron chi connectivity index (χ3n) is 3.19. The Kier molecular flexibility index (Phi) is 6.49. The molecule has 5 nitrogen and oxygen atoms in total. The molecule has 2 N–H and O–H groups in total. The van der Waals surface area contributed by atoms with E-state index in [4.69, 9.17) is 21.4 Å². The second kappa shape index (κ2) is 7.88. The fourth-order valence-electron chi connectivity index (χ4n) is 1.84. The first-order valence-corrected chi connectivity index (χ1v) is 7.27. The molecule has 0 heterocycles. The monoisotopic (exact) mass is 313 g/mol. The number of nitrogens with one attached hydrogen (secondary N) is 1. The second-order valence-corrected chi connectivity index (χ2v) is 5.11. The molecule has 0 aromatic heterocycles. The van der Waals surface area contributed by atoms with Crippen LogP contribution in [0.25, 0.3) is 0 Å². The van der Waals surface area contributed by atoms with Gasteiger partial charge in [-0.3, -0.25) is 4.79 Å². The van der Waals surface area contributed by atoms with Crippen molar-refractivity contribution < 1.29 is 19.4 Å². The number of halogens is 1. The van der Waals surface area contributed by atoms with Crippen LogP contribution in [0.2, 0.25) is 5.02 Å². The quantitative estimate of drug-likeness (QED) is 0.811. The Morgan fingerprint density at radius 2 is 1.95 bits per heavy atom. The molecule has 116 valence electrons. The standard InChI is InChI=1S/C15H20ClNO4/c1-4-10(5-2)17-14(18)9(3)21-13-11(15(19)20)7-6-8-12(13)16/h6-10H,4-5H2,1-3H3,(H,17,18)(H,19,20). The molecule has 1 amide bonds. The van der Waals surface area contributed by atoms with E-state index >= 15 is 0 Å². The van der Waals surface area contributed by atoms with Gasteiger partial charge in [-0.2, -0.15) is 0 Å². The van der Waals surface area contributed by atoms with E-state index in [1.165, 1.54) is 18.2 Å².